The van der Waals surface area contributed by atoms with Gasteiger partial charge in [-0.3, -0.25) is 4.79 Å². The Morgan fingerprint density at radius 2 is 1.93 bits per heavy atom. The highest BCUT2D eigenvalue weighted by molar-refractivity contribution is 5.92. The standard InChI is InChI=1S/C21H28N4O3/c1-4-5-6-9-22-21-23-10-7-17(24-21)20(26)25-11-8-15-12-18(27-2)19(28-3)13-16(15)14-25/h7,10,12-13H,4-6,8-9,11,14H2,1-3H3,(H,22,23,24). The molecule has 1 aromatic heterocycles. The zero-order chi connectivity index (χ0) is 19.9. The Labute approximate surface area is 166 Å². The van der Waals surface area contributed by atoms with Gasteiger partial charge in [0.2, 0.25) is 5.95 Å². The van der Waals surface area contributed by atoms with Gasteiger partial charge in [-0.05, 0) is 42.2 Å². The molecule has 3 rings (SSSR count). The van der Waals surface area contributed by atoms with Crippen LogP contribution in [-0.2, 0) is 13.0 Å². The molecule has 1 aliphatic rings. The number of methoxy groups -OCH3 is 2. The van der Waals surface area contributed by atoms with Gasteiger partial charge >= 0.3 is 0 Å². The van der Waals surface area contributed by atoms with Gasteiger partial charge in [0.15, 0.2) is 11.5 Å². The molecule has 0 bridgehead atoms. The fourth-order valence-electron chi connectivity index (χ4n) is 3.36. The topological polar surface area (TPSA) is 76.6 Å². The van der Waals surface area contributed by atoms with Crippen LogP contribution in [0.2, 0.25) is 0 Å². The van der Waals surface area contributed by atoms with Crippen LogP contribution in [0.3, 0.4) is 0 Å². The van der Waals surface area contributed by atoms with Gasteiger partial charge in [-0.15, -0.1) is 0 Å². The van der Waals surface area contributed by atoms with Crippen molar-refractivity contribution in [1.82, 2.24) is 14.9 Å². The highest BCUT2D eigenvalue weighted by Gasteiger charge is 2.24. The third-order valence-corrected chi connectivity index (χ3v) is 4.94. The summed E-state index contributed by atoms with van der Waals surface area (Å²) in [5.41, 5.74) is 2.67. The largest absolute Gasteiger partial charge is 0.493 e. The first kappa shape index (κ1) is 19.9. The van der Waals surface area contributed by atoms with Crippen molar-refractivity contribution in [3.63, 3.8) is 0 Å². The molecule has 7 nitrogen and oxygen atoms in total. The van der Waals surface area contributed by atoms with Crippen molar-refractivity contribution in [2.45, 2.75) is 39.2 Å². The second-order valence-corrected chi connectivity index (χ2v) is 6.85. The summed E-state index contributed by atoms with van der Waals surface area (Å²) in [5.74, 6) is 1.82. The van der Waals surface area contributed by atoms with Crippen LogP contribution < -0.4 is 14.8 Å². The molecule has 2 heterocycles. The van der Waals surface area contributed by atoms with Crippen molar-refractivity contribution < 1.29 is 14.3 Å². The van der Waals surface area contributed by atoms with E-state index in [9.17, 15) is 4.79 Å². The first-order chi connectivity index (χ1) is 13.7. The lowest BCUT2D eigenvalue weighted by Crippen LogP contribution is -2.36. The summed E-state index contributed by atoms with van der Waals surface area (Å²) < 4.78 is 10.8. The molecule has 150 valence electrons. The molecule has 0 aliphatic carbocycles. The molecular formula is C21H28N4O3. The molecule has 1 amide bonds. The highest BCUT2D eigenvalue weighted by Crippen LogP contribution is 2.33. The lowest BCUT2D eigenvalue weighted by atomic mass is 9.98. The van der Waals surface area contributed by atoms with Gasteiger partial charge in [0.05, 0.1) is 14.2 Å². The number of fused-ring (bicyclic) bond motifs is 1. The summed E-state index contributed by atoms with van der Waals surface area (Å²) in [4.78, 5) is 23.4. The Balaban J connectivity index is 1.70. The molecule has 0 saturated carbocycles. The zero-order valence-electron chi connectivity index (χ0n) is 16.8. The predicted octanol–water partition coefficient (Wildman–Crippen LogP) is 3.29. The van der Waals surface area contributed by atoms with Crippen molar-refractivity contribution in [3.05, 3.63) is 41.2 Å². The lowest BCUT2D eigenvalue weighted by molar-refractivity contribution is 0.0728. The first-order valence-corrected chi connectivity index (χ1v) is 9.76. The fourth-order valence-corrected chi connectivity index (χ4v) is 3.36. The van der Waals surface area contributed by atoms with Gasteiger partial charge < -0.3 is 19.7 Å². The maximum Gasteiger partial charge on any atom is 0.272 e. The summed E-state index contributed by atoms with van der Waals surface area (Å²) in [6, 6.07) is 5.62. The number of nitrogens with zero attached hydrogens (tertiary/aromatic N) is 3. The van der Waals surface area contributed by atoms with Gasteiger partial charge in [-0.2, -0.15) is 0 Å². The van der Waals surface area contributed by atoms with Gasteiger partial charge in [0, 0.05) is 25.8 Å². The van der Waals surface area contributed by atoms with Gasteiger partial charge in [0.25, 0.3) is 5.91 Å². The number of nitrogens with one attached hydrogen (secondary N) is 1. The van der Waals surface area contributed by atoms with Crippen LogP contribution >= 0.6 is 0 Å². The number of unbranched alkanes of at least 4 members (excludes halogenated alkanes) is 2. The summed E-state index contributed by atoms with van der Waals surface area (Å²) in [6.45, 7) is 4.14. The van der Waals surface area contributed by atoms with E-state index in [1.54, 1.807) is 26.5 Å². The third-order valence-electron chi connectivity index (χ3n) is 4.94. The van der Waals surface area contributed by atoms with E-state index in [1.807, 2.05) is 17.0 Å². The molecule has 1 aliphatic heterocycles. The minimum atomic E-state index is -0.0838. The smallest absolute Gasteiger partial charge is 0.272 e. The van der Waals surface area contributed by atoms with Crippen LogP contribution in [0.4, 0.5) is 5.95 Å². The third kappa shape index (κ3) is 4.52. The second-order valence-electron chi connectivity index (χ2n) is 6.85. The van der Waals surface area contributed by atoms with Crippen molar-refractivity contribution in [2.24, 2.45) is 0 Å². The molecule has 0 spiro atoms. The van der Waals surface area contributed by atoms with E-state index in [0.717, 1.165) is 43.5 Å². The lowest BCUT2D eigenvalue weighted by Gasteiger charge is -2.29. The average Bonchev–Trinajstić information content (AvgIpc) is 2.75. The number of carbonyl (C=O) groups is 1. The van der Waals surface area contributed by atoms with Crippen LogP contribution in [-0.4, -0.2) is 48.1 Å². The molecule has 0 radical (unpaired) electrons. The summed E-state index contributed by atoms with van der Waals surface area (Å²) in [5, 5.41) is 3.20. The van der Waals surface area contributed by atoms with Crippen LogP contribution in [0, 0.1) is 0 Å². The number of hydrogen-bond donors (Lipinski definition) is 1. The zero-order valence-corrected chi connectivity index (χ0v) is 16.8. The number of ether oxygens (including phenoxy) is 2. The van der Waals surface area contributed by atoms with Crippen LogP contribution in [0.5, 0.6) is 11.5 Å². The number of carbonyl (C=O) groups excluding carboxylic acids is 1. The van der Waals surface area contributed by atoms with Crippen LogP contribution in [0.25, 0.3) is 0 Å². The Kier molecular flexibility index (Phi) is 6.68. The first-order valence-electron chi connectivity index (χ1n) is 9.76. The highest BCUT2D eigenvalue weighted by atomic mass is 16.5. The Bertz CT molecular complexity index is 825. The Morgan fingerprint density at radius 1 is 1.18 bits per heavy atom. The monoisotopic (exact) mass is 384 g/mol. The van der Waals surface area contributed by atoms with Gasteiger partial charge in [-0.25, -0.2) is 9.97 Å². The summed E-state index contributed by atoms with van der Waals surface area (Å²) >= 11 is 0. The van der Waals surface area contributed by atoms with Gasteiger partial charge in [0.1, 0.15) is 5.69 Å². The number of aromatic nitrogens is 2. The Hall–Kier alpha value is -2.83. The van der Waals surface area contributed by atoms with E-state index in [4.69, 9.17) is 9.47 Å². The summed E-state index contributed by atoms with van der Waals surface area (Å²) in [6.07, 6.45) is 5.79. The molecule has 0 fully saturated rings. The van der Waals surface area contributed by atoms with E-state index >= 15 is 0 Å². The molecule has 2 aromatic rings. The van der Waals surface area contributed by atoms with E-state index in [1.165, 1.54) is 5.56 Å². The van der Waals surface area contributed by atoms with Crippen LogP contribution in [0.15, 0.2) is 24.4 Å². The van der Waals surface area contributed by atoms with Gasteiger partial charge in [-0.1, -0.05) is 19.8 Å². The predicted molar refractivity (Wildman–Crippen MR) is 108 cm³/mol. The Morgan fingerprint density at radius 3 is 2.64 bits per heavy atom. The molecule has 0 unspecified atom stereocenters. The van der Waals surface area contributed by atoms with Crippen molar-refractivity contribution in [1.29, 1.82) is 0 Å². The number of rotatable bonds is 8. The summed E-state index contributed by atoms with van der Waals surface area (Å²) in [7, 11) is 3.25. The van der Waals surface area contributed by atoms with E-state index < -0.39 is 0 Å². The number of benzene rings is 1. The molecule has 7 heteroatoms. The fraction of sp³-hybridized carbons (Fsp3) is 0.476. The van der Waals surface area contributed by atoms with E-state index in [-0.39, 0.29) is 5.91 Å². The molecule has 0 atom stereocenters. The quantitative estimate of drug-likeness (QED) is 0.704. The number of hydrogen-bond acceptors (Lipinski definition) is 6. The maximum absolute atomic E-state index is 13.0. The van der Waals surface area contributed by atoms with Crippen molar-refractivity contribution in [2.75, 3.05) is 32.6 Å². The number of amides is 1. The second kappa shape index (κ2) is 9.39. The molecule has 1 aromatic carbocycles. The van der Waals surface area contributed by atoms with Crippen molar-refractivity contribution >= 4 is 11.9 Å². The maximum atomic E-state index is 13.0. The minimum Gasteiger partial charge on any atom is -0.493 e. The van der Waals surface area contributed by atoms with Crippen molar-refractivity contribution in [3.8, 4) is 11.5 Å². The normalized spacial score (nSPS) is 13.0. The molecular weight excluding hydrogens is 356 g/mol. The van der Waals surface area contributed by atoms with E-state index in [0.29, 0.717) is 30.5 Å². The molecule has 1 N–H and O–H groups in total. The minimum absolute atomic E-state index is 0.0838. The SMILES string of the molecule is CCCCCNc1nccc(C(=O)N2CCc3cc(OC)c(OC)cc3C2)n1. The van der Waals surface area contributed by atoms with Crippen LogP contribution in [0.1, 0.15) is 47.8 Å². The molecule has 28 heavy (non-hydrogen) atoms. The average molecular weight is 384 g/mol. The van der Waals surface area contributed by atoms with E-state index in [2.05, 4.69) is 22.2 Å². The number of anilines is 1. The molecule has 0 saturated heterocycles.